The van der Waals surface area contributed by atoms with E-state index in [1.165, 1.54) is 20.9 Å². The maximum absolute atomic E-state index is 6.14. The van der Waals surface area contributed by atoms with Crippen molar-refractivity contribution >= 4 is 17.2 Å². The van der Waals surface area contributed by atoms with Crippen LogP contribution < -0.4 is 5.73 Å². The van der Waals surface area contributed by atoms with Gasteiger partial charge in [-0.25, -0.2) is 0 Å². The molecule has 2 N–H and O–H groups in total. The molecule has 0 radical (unpaired) electrons. The molecule has 0 saturated heterocycles. The van der Waals surface area contributed by atoms with Crippen LogP contribution in [0.3, 0.4) is 0 Å². The first-order valence-electron chi connectivity index (χ1n) is 6.29. The predicted octanol–water partition coefficient (Wildman–Crippen LogP) is 3.55. The number of hydrogen-bond acceptors (Lipinski definition) is 3. The first kappa shape index (κ1) is 13.1. The molecular weight excluding hydrogens is 242 g/mol. The molecule has 2 heterocycles. The Morgan fingerprint density at radius 2 is 2.06 bits per heavy atom. The Morgan fingerprint density at radius 1 is 1.39 bits per heavy atom. The van der Waals surface area contributed by atoms with Crippen molar-refractivity contribution in [2.24, 2.45) is 13.0 Å². The monoisotopic (exact) mass is 263 g/mol. The Bertz CT molecular complexity index is 544. The van der Waals surface area contributed by atoms with Crippen molar-refractivity contribution in [2.75, 3.05) is 5.73 Å². The van der Waals surface area contributed by atoms with Crippen molar-refractivity contribution in [3.63, 3.8) is 0 Å². The van der Waals surface area contributed by atoms with Crippen LogP contribution in [-0.4, -0.2) is 9.78 Å². The summed E-state index contributed by atoms with van der Waals surface area (Å²) < 4.78 is 1.79. The molecule has 98 valence electrons. The van der Waals surface area contributed by atoms with Gasteiger partial charge in [0.25, 0.3) is 0 Å². The lowest BCUT2D eigenvalue weighted by Crippen LogP contribution is -2.01. The third-order valence-corrected chi connectivity index (χ3v) is 4.36. The number of aryl methyl sites for hydroxylation is 3. The van der Waals surface area contributed by atoms with E-state index in [1.54, 1.807) is 16.0 Å². The minimum atomic E-state index is 0.581. The summed E-state index contributed by atoms with van der Waals surface area (Å²) in [4.78, 5) is 2.58. The number of nitrogen functional groups attached to an aromatic ring is 1. The van der Waals surface area contributed by atoms with Crippen LogP contribution in [0.25, 0.3) is 10.6 Å². The van der Waals surface area contributed by atoms with E-state index in [0.29, 0.717) is 5.92 Å². The van der Waals surface area contributed by atoms with Crippen LogP contribution in [-0.2, 0) is 13.5 Å². The molecule has 3 nitrogen and oxygen atoms in total. The Hall–Kier alpha value is -1.29. The topological polar surface area (TPSA) is 43.8 Å². The molecule has 2 rings (SSSR count). The van der Waals surface area contributed by atoms with E-state index in [0.717, 1.165) is 17.9 Å². The van der Waals surface area contributed by atoms with Crippen molar-refractivity contribution in [3.8, 4) is 10.6 Å². The van der Waals surface area contributed by atoms with Gasteiger partial charge in [0.1, 0.15) is 11.5 Å². The van der Waals surface area contributed by atoms with Crippen molar-refractivity contribution in [3.05, 3.63) is 22.1 Å². The molecular formula is C14H21N3S. The lowest BCUT2D eigenvalue weighted by molar-refractivity contribution is 0.649. The second-order valence-corrected chi connectivity index (χ2v) is 6.54. The van der Waals surface area contributed by atoms with Crippen LogP contribution in [0, 0.1) is 19.8 Å². The average molecular weight is 263 g/mol. The minimum Gasteiger partial charge on any atom is -0.384 e. The van der Waals surface area contributed by atoms with E-state index < -0.39 is 0 Å². The molecule has 2 aromatic rings. The first-order chi connectivity index (χ1) is 8.40. The molecule has 0 aliphatic rings. The van der Waals surface area contributed by atoms with E-state index in [9.17, 15) is 0 Å². The van der Waals surface area contributed by atoms with Crippen molar-refractivity contribution in [1.29, 1.82) is 0 Å². The Balaban J connectivity index is 2.53. The number of hydrogen-bond donors (Lipinski definition) is 1. The number of rotatable bonds is 3. The Morgan fingerprint density at radius 3 is 2.56 bits per heavy atom. The highest BCUT2D eigenvalue weighted by Crippen LogP contribution is 2.35. The van der Waals surface area contributed by atoms with E-state index in [1.807, 2.05) is 7.05 Å². The highest BCUT2D eigenvalue weighted by atomic mass is 32.1. The highest BCUT2D eigenvalue weighted by Gasteiger charge is 2.18. The fraction of sp³-hybridized carbons (Fsp3) is 0.500. The molecule has 0 fully saturated rings. The van der Waals surface area contributed by atoms with Gasteiger partial charge in [-0.3, -0.25) is 4.68 Å². The summed E-state index contributed by atoms with van der Waals surface area (Å²) in [6.45, 7) is 8.71. The number of thiophene rings is 1. The summed E-state index contributed by atoms with van der Waals surface area (Å²) in [6, 6.07) is 2.21. The fourth-order valence-electron chi connectivity index (χ4n) is 2.08. The van der Waals surface area contributed by atoms with Gasteiger partial charge in [-0.1, -0.05) is 13.8 Å². The molecule has 0 bridgehead atoms. The highest BCUT2D eigenvalue weighted by molar-refractivity contribution is 7.15. The normalized spacial score (nSPS) is 11.4. The van der Waals surface area contributed by atoms with Crippen LogP contribution in [0.1, 0.15) is 29.9 Å². The largest absolute Gasteiger partial charge is 0.384 e. The van der Waals surface area contributed by atoms with Crippen molar-refractivity contribution < 1.29 is 0 Å². The molecule has 0 aliphatic carbocycles. The minimum absolute atomic E-state index is 0.581. The maximum atomic E-state index is 6.14. The van der Waals surface area contributed by atoms with E-state index >= 15 is 0 Å². The van der Waals surface area contributed by atoms with Crippen LogP contribution in [0.4, 0.5) is 5.82 Å². The van der Waals surface area contributed by atoms with Gasteiger partial charge in [0.15, 0.2) is 0 Å². The molecule has 2 aromatic heterocycles. The predicted molar refractivity (Wildman–Crippen MR) is 78.9 cm³/mol. The standard InChI is InChI=1S/C14H21N3S/c1-8(2)6-11-13(16-17(5)14(11)15)12-7-9(3)10(4)18-12/h7-8H,6,15H2,1-5H3. The molecule has 0 amide bonds. The van der Waals surface area contributed by atoms with Gasteiger partial charge in [0.05, 0.1) is 4.88 Å². The summed E-state index contributed by atoms with van der Waals surface area (Å²) in [7, 11) is 1.91. The zero-order valence-electron chi connectivity index (χ0n) is 11.7. The van der Waals surface area contributed by atoms with E-state index in [4.69, 9.17) is 5.73 Å². The van der Waals surface area contributed by atoms with Gasteiger partial charge < -0.3 is 5.73 Å². The summed E-state index contributed by atoms with van der Waals surface area (Å²) in [6.07, 6.45) is 0.977. The van der Waals surface area contributed by atoms with Gasteiger partial charge in [0.2, 0.25) is 0 Å². The van der Waals surface area contributed by atoms with Crippen molar-refractivity contribution in [1.82, 2.24) is 9.78 Å². The quantitative estimate of drug-likeness (QED) is 0.920. The van der Waals surface area contributed by atoms with Crippen LogP contribution in [0.15, 0.2) is 6.07 Å². The Labute approximate surface area is 113 Å². The van der Waals surface area contributed by atoms with Gasteiger partial charge in [-0.05, 0) is 37.8 Å². The van der Waals surface area contributed by atoms with Crippen molar-refractivity contribution in [2.45, 2.75) is 34.1 Å². The number of nitrogens with two attached hydrogens (primary N) is 1. The van der Waals surface area contributed by atoms with Crippen LogP contribution in [0.5, 0.6) is 0 Å². The molecule has 0 spiro atoms. The van der Waals surface area contributed by atoms with E-state index in [-0.39, 0.29) is 0 Å². The maximum Gasteiger partial charge on any atom is 0.125 e. The number of aromatic nitrogens is 2. The zero-order chi connectivity index (χ0) is 13.4. The second kappa shape index (κ2) is 4.76. The molecule has 0 atom stereocenters. The molecule has 4 heteroatoms. The number of nitrogens with zero attached hydrogens (tertiary/aromatic N) is 2. The first-order valence-corrected chi connectivity index (χ1v) is 7.10. The number of anilines is 1. The van der Waals surface area contributed by atoms with Gasteiger partial charge >= 0.3 is 0 Å². The molecule has 18 heavy (non-hydrogen) atoms. The summed E-state index contributed by atoms with van der Waals surface area (Å²) in [5, 5.41) is 4.59. The molecule has 0 saturated carbocycles. The average Bonchev–Trinajstić information content (AvgIpc) is 2.74. The Kier molecular flexibility index (Phi) is 3.48. The van der Waals surface area contributed by atoms with E-state index in [2.05, 4.69) is 38.9 Å². The summed E-state index contributed by atoms with van der Waals surface area (Å²) in [5.41, 5.74) is 9.72. The van der Waals surface area contributed by atoms with Gasteiger partial charge in [-0.2, -0.15) is 5.10 Å². The third-order valence-electron chi connectivity index (χ3n) is 3.21. The van der Waals surface area contributed by atoms with Gasteiger partial charge in [-0.15, -0.1) is 11.3 Å². The summed E-state index contributed by atoms with van der Waals surface area (Å²) in [5.74, 6) is 1.37. The molecule has 0 unspecified atom stereocenters. The molecule has 0 aromatic carbocycles. The lowest BCUT2D eigenvalue weighted by Gasteiger charge is -2.05. The van der Waals surface area contributed by atoms with Crippen LogP contribution in [0.2, 0.25) is 0 Å². The smallest absolute Gasteiger partial charge is 0.125 e. The fourth-order valence-corrected chi connectivity index (χ4v) is 3.12. The molecule has 0 aliphatic heterocycles. The van der Waals surface area contributed by atoms with Crippen LogP contribution >= 0.6 is 11.3 Å². The zero-order valence-corrected chi connectivity index (χ0v) is 12.6. The summed E-state index contributed by atoms with van der Waals surface area (Å²) >= 11 is 1.80. The SMILES string of the molecule is Cc1cc(-c2nn(C)c(N)c2CC(C)C)sc1C. The third kappa shape index (κ3) is 2.29. The lowest BCUT2D eigenvalue weighted by atomic mass is 10.0. The van der Waals surface area contributed by atoms with Gasteiger partial charge in [0, 0.05) is 17.5 Å². The second-order valence-electron chi connectivity index (χ2n) is 5.28.